The van der Waals surface area contributed by atoms with Gasteiger partial charge in [-0.2, -0.15) is 0 Å². The van der Waals surface area contributed by atoms with Crippen LogP contribution in [0.15, 0.2) is 0 Å². The average molecular weight is 425 g/mol. The van der Waals surface area contributed by atoms with Crippen molar-refractivity contribution >= 4 is 0 Å². The standard InChI is InChI=1S/C11H19F2NO.C9H18FNO.C2H6/c1-2-15-5-3-4-14-8-10(9-14)6-11(12,13)7-10;1-9(10)3-6-11(7-4-9)5-2-8-12;1-2/h2-9H2,1H3;12H,2-8H2,1H3;1-2H3. The van der Waals surface area contributed by atoms with E-state index < -0.39 is 11.6 Å². The van der Waals surface area contributed by atoms with Crippen molar-refractivity contribution in [2.75, 3.05) is 59.1 Å². The summed E-state index contributed by atoms with van der Waals surface area (Å²) >= 11 is 0. The van der Waals surface area contributed by atoms with Crippen LogP contribution in [0.4, 0.5) is 13.2 Å². The van der Waals surface area contributed by atoms with E-state index >= 15 is 0 Å². The smallest absolute Gasteiger partial charge is 0.249 e. The summed E-state index contributed by atoms with van der Waals surface area (Å²) in [5.41, 5.74) is -0.967. The number of aliphatic hydroxyl groups excluding tert-OH is 1. The van der Waals surface area contributed by atoms with Gasteiger partial charge in [-0.15, -0.1) is 0 Å². The molecular weight excluding hydrogens is 381 g/mol. The van der Waals surface area contributed by atoms with Gasteiger partial charge in [0.25, 0.3) is 0 Å². The lowest BCUT2D eigenvalue weighted by Crippen LogP contribution is -2.65. The fraction of sp³-hybridized carbons (Fsp3) is 1.00. The van der Waals surface area contributed by atoms with E-state index in [0.29, 0.717) is 12.8 Å². The van der Waals surface area contributed by atoms with E-state index in [9.17, 15) is 13.2 Å². The van der Waals surface area contributed by atoms with E-state index in [1.165, 1.54) is 0 Å². The maximum absolute atomic E-state index is 13.3. The van der Waals surface area contributed by atoms with Gasteiger partial charge >= 0.3 is 0 Å². The van der Waals surface area contributed by atoms with Crippen LogP contribution in [0.3, 0.4) is 0 Å². The Hall–Kier alpha value is -0.370. The molecule has 2 saturated heterocycles. The molecule has 0 radical (unpaired) electrons. The molecule has 174 valence electrons. The quantitative estimate of drug-likeness (QED) is 0.587. The highest BCUT2D eigenvalue weighted by Gasteiger charge is 2.61. The largest absolute Gasteiger partial charge is 0.396 e. The van der Waals surface area contributed by atoms with E-state index in [2.05, 4.69) is 9.80 Å². The monoisotopic (exact) mass is 424 g/mol. The van der Waals surface area contributed by atoms with Crippen LogP contribution < -0.4 is 0 Å². The first kappa shape index (κ1) is 26.7. The minimum Gasteiger partial charge on any atom is -0.396 e. The molecule has 3 fully saturated rings. The third-order valence-electron chi connectivity index (χ3n) is 5.88. The van der Waals surface area contributed by atoms with Gasteiger partial charge in [0.05, 0.1) is 0 Å². The first-order chi connectivity index (χ1) is 13.7. The summed E-state index contributed by atoms with van der Waals surface area (Å²) in [6.07, 6.45) is 3.32. The fourth-order valence-corrected chi connectivity index (χ4v) is 4.40. The van der Waals surface area contributed by atoms with Crippen molar-refractivity contribution in [3.8, 4) is 0 Å². The van der Waals surface area contributed by atoms with E-state index in [1.807, 2.05) is 20.8 Å². The third kappa shape index (κ3) is 9.53. The summed E-state index contributed by atoms with van der Waals surface area (Å²) in [6, 6.07) is 0. The highest BCUT2D eigenvalue weighted by atomic mass is 19.3. The van der Waals surface area contributed by atoms with Crippen molar-refractivity contribution < 1.29 is 23.0 Å². The molecule has 0 aromatic carbocycles. The van der Waals surface area contributed by atoms with Crippen molar-refractivity contribution in [1.29, 1.82) is 0 Å². The van der Waals surface area contributed by atoms with E-state index in [4.69, 9.17) is 9.84 Å². The van der Waals surface area contributed by atoms with Gasteiger partial charge in [-0.05, 0) is 39.5 Å². The molecule has 1 saturated carbocycles. The highest BCUT2D eigenvalue weighted by molar-refractivity contribution is 5.07. The van der Waals surface area contributed by atoms with E-state index in [0.717, 1.165) is 65.3 Å². The lowest BCUT2D eigenvalue weighted by molar-refractivity contribution is -0.213. The van der Waals surface area contributed by atoms with Crippen LogP contribution in [0.2, 0.25) is 0 Å². The van der Waals surface area contributed by atoms with Crippen LogP contribution in [0.25, 0.3) is 0 Å². The Morgan fingerprint density at radius 2 is 1.48 bits per heavy atom. The molecule has 2 aliphatic heterocycles. The van der Waals surface area contributed by atoms with E-state index in [-0.39, 0.29) is 24.9 Å². The number of likely N-dealkylation sites (tertiary alicyclic amines) is 2. The minimum absolute atomic E-state index is 0.0187. The lowest BCUT2D eigenvalue weighted by Gasteiger charge is -2.58. The molecule has 1 aliphatic carbocycles. The summed E-state index contributed by atoms with van der Waals surface area (Å²) in [5, 5.41) is 8.60. The fourth-order valence-electron chi connectivity index (χ4n) is 4.40. The summed E-state index contributed by atoms with van der Waals surface area (Å²) in [6.45, 7) is 14.8. The Labute approximate surface area is 175 Å². The van der Waals surface area contributed by atoms with Gasteiger partial charge in [-0.1, -0.05) is 13.8 Å². The molecule has 3 rings (SSSR count). The first-order valence-corrected chi connectivity index (χ1v) is 11.4. The van der Waals surface area contributed by atoms with Crippen molar-refractivity contribution in [2.45, 2.75) is 77.8 Å². The van der Waals surface area contributed by atoms with E-state index in [1.54, 1.807) is 6.92 Å². The molecular formula is C22H43F3N2O2. The van der Waals surface area contributed by atoms with Crippen LogP contribution in [0.5, 0.6) is 0 Å². The van der Waals surface area contributed by atoms with Gasteiger partial charge in [0.1, 0.15) is 5.67 Å². The molecule has 4 nitrogen and oxygen atoms in total. The molecule has 7 heteroatoms. The molecule has 1 N–H and O–H groups in total. The number of ether oxygens (including phenoxy) is 1. The second kappa shape index (κ2) is 12.5. The third-order valence-corrected chi connectivity index (χ3v) is 5.88. The predicted molar refractivity (Wildman–Crippen MR) is 112 cm³/mol. The Morgan fingerprint density at radius 3 is 1.97 bits per heavy atom. The van der Waals surface area contributed by atoms with Crippen LogP contribution in [0, 0.1) is 5.41 Å². The van der Waals surface area contributed by atoms with Gasteiger partial charge in [-0.25, -0.2) is 13.2 Å². The number of hydrogen-bond donors (Lipinski definition) is 1. The summed E-state index contributed by atoms with van der Waals surface area (Å²) in [4.78, 5) is 4.48. The maximum atomic E-state index is 13.3. The number of aliphatic hydroxyl groups is 1. The molecule has 3 aliphatic rings. The normalized spacial score (nSPS) is 24.4. The van der Waals surface area contributed by atoms with Crippen molar-refractivity contribution in [3.63, 3.8) is 0 Å². The van der Waals surface area contributed by atoms with Gasteiger partial charge in [0, 0.05) is 77.3 Å². The van der Waals surface area contributed by atoms with Gasteiger partial charge < -0.3 is 19.6 Å². The zero-order valence-electron chi connectivity index (χ0n) is 19.0. The Morgan fingerprint density at radius 1 is 0.931 bits per heavy atom. The van der Waals surface area contributed by atoms with Crippen molar-refractivity contribution in [3.05, 3.63) is 0 Å². The molecule has 0 amide bonds. The second-order valence-corrected chi connectivity index (χ2v) is 8.80. The van der Waals surface area contributed by atoms with Gasteiger partial charge in [0.15, 0.2) is 0 Å². The summed E-state index contributed by atoms with van der Waals surface area (Å²) < 4.78 is 43.9. The molecule has 0 atom stereocenters. The molecule has 2 heterocycles. The van der Waals surface area contributed by atoms with Crippen molar-refractivity contribution in [2.24, 2.45) is 5.41 Å². The Bertz CT molecular complexity index is 424. The zero-order valence-corrected chi connectivity index (χ0v) is 19.0. The van der Waals surface area contributed by atoms with Crippen LogP contribution >= 0.6 is 0 Å². The predicted octanol–water partition coefficient (Wildman–Crippen LogP) is 4.36. The Kier molecular flexibility index (Phi) is 11.5. The summed E-state index contributed by atoms with van der Waals surface area (Å²) in [5.74, 6) is -2.36. The number of halogens is 3. The minimum atomic E-state index is -2.36. The highest BCUT2D eigenvalue weighted by Crippen LogP contribution is 2.56. The maximum Gasteiger partial charge on any atom is 0.249 e. The van der Waals surface area contributed by atoms with Crippen molar-refractivity contribution in [1.82, 2.24) is 9.80 Å². The molecule has 0 unspecified atom stereocenters. The number of rotatable bonds is 8. The lowest BCUT2D eigenvalue weighted by atomic mass is 9.61. The molecule has 0 bridgehead atoms. The second-order valence-electron chi connectivity index (χ2n) is 8.80. The topological polar surface area (TPSA) is 35.9 Å². The number of nitrogens with zero attached hydrogens (tertiary/aromatic N) is 2. The van der Waals surface area contributed by atoms with Crippen LogP contribution in [0.1, 0.15) is 66.2 Å². The number of piperidine rings is 1. The zero-order chi connectivity index (χ0) is 22.0. The van der Waals surface area contributed by atoms with Gasteiger partial charge in [0.2, 0.25) is 5.92 Å². The number of alkyl halides is 3. The van der Waals surface area contributed by atoms with Crippen LogP contribution in [-0.2, 0) is 4.74 Å². The molecule has 0 aromatic heterocycles. The molecule has 1 spiro atoms. The summed E-state index contributed by atoms with van der Waals surface area (Å²) in [7, 11) is 0. The van der Waals surface area contributed by atoms with Crippen LogP contribution in [-0.4, -0.2) is 85.6 Å². The molecule has 29 heavy (non-hydrogen) atoms. The molecule has 0 aromatic rings. The average Bonchev–Trinajstić information content (AvgIpc) is 2.63. The number of hydrogen-bond acceptors (Lipinski definition) is 4. The Balaban J connectivity index is 0.000000273. The SMILES string of the molecule is CC.CC1(F)CCN(CCCO)CC1.CCOCCCN1CC2(C1)CC(F)(F)C2. The first-order valence-electron chi connectivity index (χ1n) is 11.4. The van der Waals surface area contributed by atoms with Gasteiger partial charge in [-0.3, -0.25) is 0 Å².